The van der Waals surface area contributed by atoms with E-state index in [4.69, 9.17) is 0 Å². The number of carbonyl (C=O) groups excluding carboxylic acids is 1. The van der Waals surface area contributed by atoms with Crippen molar-refractivity contribution >= 4 is 11.4 Å². The third-order valence-corrected chi connectivity index (χ3v) is 4.59. The highest BCUT2D eigenvalue weighted by molar-refractivity contribution is 6.00. The van der Waals surface area contributed by atoms with Crippen molar-refractivity contribution in [2.45, 2.75) is 19.4 Å². The van der Waals surface area contributed by atoms with Gasteiger partial charge in [0.15, 0.2) is 0 Å². The lowest BCUT2D eigenvalue weighted by molar-refractivity contribution is 0.0685. The summed E-state index contributed by atoms with van der Waals surface area (Å²) in [6.45, 7) is 2.60. The first-order valence-corrected chi connectivity index (χ1v) is 7.98. The number of hydrogen-bond donors (Lipinski definition) is 0. The van der Waals surface area contributed by atoms with Gasteiger partial charge in [0.05, 0.1) is 23.6 Å². The van der Waals surface area contributed by atoms with E-state index in [1.54, 1.807) is 10.7 Å². The predicted molar refractivity (Wildman–Crippen MR) is 86.0 cm³/mol. The Bertz CT molecular complexity index is 799. The average molecular weight is 309 g/mol. The van der Waals surface area contributed by atoms with Crippen LogP contribution in [0.5, 0.6) is 0 Å². The second-order valence-electron chi connectivity index (χ2n) is 6.08. The first-order valence-electron chi connectivity index (χ1n) is 7.98. The number of amides is 1. The topological polar surface area (TPSA) is 55.4 Å². The summed E-state index contributed by atoms with van der Waals surface area (Å²) in [5.41, 5.74) is 1.57. The molecule has 4 rings (SSSR count). The molecule has 1 saturated heterocycles. The monoisotopic (exact) mass is 309 g/mol. The summed E-state index contributed by atoms with van der Waals surface area (Å²) in [5.74, 6) is 0.699. The fourth-order valence-corrected chi connectivity index (χ4v) is 3.28. The molecule has 3 aromatic heterocycles. The molecule has 0 bridgehead atoms. The smallest absolute Gasteiger partial charge is 0.257 e. The van der Waals surface area contributed by atoms with Crippen LogP contribution in [0, 0.1) is 5.92 Å². The molecule has 0 spiro atoms. The zero-order valence-electron chi connectivity index (χ0n) is 12.9. The molecular weight excluding hydrogens is 290 g/mol. The van der Waals surface area contributed by atoms with Crippen molar-refractivity contribution in [3.05, 3.63) is 54.9 Å². The Labute approximate surface area is 134 Å². The third-order valence-electron chi connectivity index (χ3n) is 4.59. The summed E-state index contributed by atoms with van der Waals surface area (Å²) >= 11 is 0. The minimum Gasteiger partial charge on any atom is -0.339 e. The van der Waals surface area contributed by atoms with Crippen LogP contribution in [0.25, 0.3) is 5.52 Å². The van der Waals surface area contributed by atoms with Crippen molar-refractivity contribution < 1.29 is 4.79 Å². The molecule has 23 heavy (non-hydrogen) atoms. The van der Waals surface area contributed by atoms with Gasteiger partial charge in [-0.15, -0.1) is 0 Å². The molecule has 4 heterocycles. The minimum absolute atomic E-state index is 0.0901. The lowest BCUT2D eigenvalue weighted by Crippen LogP contribution is -2.39. The molecule has 0 saturated carbocycles. The molecule has 0 atom stereocenters. The van der Waals surface area contributed by atoms with Gasteiger partial charge >= 0.3 is 0 Å². The van der Waals surface area contributed by atoms with E-state index in [0.29, 0.717) is 11.5 Å². The number of hydrogen-bond acceptors (Lipinski definition) is 3. The van der Waals surface area contributed by atoms with Crippen LogP contribution in [0.3, 0.4) is 0 Å². The van der Waals surface area contributed by atoms with Crippen molar-refractivity contribution in [2.24, 2.45) is 5.92 Å². The molecule has 1 fully saturated rings. The Hall–Kier alpha value is -2.63. The zero-order chi connectivity index (χ0) is 15.6. The summed E-state index contributed by atoms with van der Waals surface area (Å²) in [6.07, 6.45) is 11.3. The first kappa shape index (κ1) is 14.0. The Morgan fingerprint density at radius 2 is 2.09 bits per heavy atom. The van der Waals surface area contributed by atoms with Gasteiger partial charge < -0.3 is 9.47 Å². The molecular formula is C17H19N5O. The van der Waals surface area contributed by atoms with E-state index >= 15 is 0 Å². The molecule has 1 aliphatic heterocycles. The molecule has 6 heteroatoms. The number of rotatable bonds is 3. The van der Waals surface area contributed by atoms with Gasteiger partial charge in [0.1, 0.15) is 0 Å². The summed E-state index contributed by atoms with van der Waals surface area (Å²) in [7, 11) is 0. The number of fused-ring (bicyclic) bond motifs is 1. The highest BCUT2D eigenvalue weighted by Gasteiger charge is 2.25. The average Bonchev–Trinajstić information content (AvgIpc) is 3.24. The van der Waals surface area contributed by atoms with E-state index in [9.17, 15) is 4.79 Å². The van der Waals surface area contributed by atoms with E-state index in [1.807, 2.05) is 48.0 Å². The van der Waals surface area contributed by atoms with Gasteiger partial charge in [-0.3, -0.25) is 4.79 Å². The molecule has 0 unspecified atom stereocenters. The van der Waals surface area contributed by atoms with Crippen LogP contribution in [0.4, 0.5) is 0 Å². The standard InChI is InChI=1S/C17H19N5O/c23-17(15-11-19-22-7-2-1-3-16(15)22)21-8-4-14(5-9-21)12-20-10-6-18-13-20/h1-3,6-7,10-11,13-14H,4-5,8-9,12H2. The number of piperidine rings is 1. The van der Waals surface area contributed by atoms with Crippen molar-refractivity contribution in [1.29, 1.82) is 0 Å². The number of carbonyl (C=O) groups is 1. The van der Waals surface area contributed by atoms with E-state index in [2.05, 4.69) is 14.6 Å². The molecule has 6 nitrogen and oxygen atoms in total. The van der Waals surface area contributed by atoms with Crippen molar-refractivity contribution in [2.75, 3.05) is 13.1 Å². The van der Waals surface area contributed by atoms with Crippen molar-refractivity contribution in [1.82, 2.24) is 24.1 Å². The Morgan fingerprint density at radius 3 is 2.87 bits per heavy atom. The first-order chi connectivity index (χ1) is 11.3. The number of likely N-dealkylation sites (tertiary alicyclic amines) is 1. The van der Waals surface area contributed by atoms with Crippen LogP contribution in [0.15, 0.2) is 49.3 Å². The highest BCUT2D eigenvalue weighted by atomic mass is 16.2. The van der Waals surface area contributed by atoms with E-state index in [-0.39, 0.29) is 5.91 Å². The van der Waals surface area contributed by atoms with Gasteiger partial charge in [-0.2, -0.15) is 5.10 Å². The second-order valence-corrected chi connectivity index (χ2v) is 6.08. The zero-order valence-corrected chi connectivity index (χ0v) is 12.9. The van der Waals surface area contributed by atoms with Gasteiger partial charge in [-0.1, -0.05) is 6.07 Å². The summed E-state index contributed by atoms with van der Waals surface area (Å²) in [4.78, 5) is 18.8. The number of nitrogens with zero attached hydrogens (tertiary/aromatic N) is 5. The van der Waals surface area contributed by atoms with Crippen LogP contribution >= 0.6 is 0 Å². The minimum atomic E-state index is 0.0901. The van der Waals surface area contributed by atoms with Gasteiger partial charge in [-0.05, 0) is 30.9 Å². The maximum absolute atomic E-state index is 12.8. The number of aromatic nitrogens is 4. The summed E-state index contributed by atoms with van der Waals surface area (Å²) in [5, 5.41) is 4.26. The van der Waals surface area contributed by atoms with Gasteiger partial charge in [0.2, 0.25) is 0 Å². The van der Waals surface area contributed by atoms with Crippen LogP contribution in [-0.4, -0.2) is 43.1 Å². The fraction of sp³-hybridized carbons (Fsp3) is 0.353. The van der Waals surface area contributed by atoms with E-state index < -0.39 is 0 Å². The maximum atomic E-state index is 12.8. The largest absolute Gasteiger partial charge is 0.339 e. The normalized spacial score (nSPS) is 16.1. The van der Waals surface area contributed by atoms with Gasteiger partial charge in [0, 0.05) is 38.2 Å². The SMILES string of the molecule is O=C(c1cnn2ccccc12)N1CCC(Cn2ccnc2)CC1. The molecule has 0 radical (unpaired) electrons. The molecule has 1 amide bonds. The van der Waals surface area contributed by atoms with Crippen LogP contribution in [-0.2, 0) is 6.54 Å². The van der Waals surface area contributed by atoms with E-state index in [0.717, 1.165) is 38.0 Å². The lowest BCUT2D eigenvalue weighted by atomic mass is 9.96. The summed E-state index contributed by atoms with van der Waals surface area (Å²) in [6, 6.07) is 5.78. The van der Waals surface area contributed by atoms with E-state index in [1.165, 1.54) is 0 Å². The molecule has 0 aromatic carbocycles. The van der Waals surface area contributed by atoms with Crippen LogP contribution in [0.2, 0.25) is 0 Å². The predicted octanol–water partition coefficient (Wildman–Crippen LogP) is 2.08. The summed E-state index contributed by atoms with van der Waals surface area (Å²) < 4.78 is 3.87. The number of imidazole rings is 1. The second kappa shape index (κ2) is 5.87. The quantitative estimate of drug-likeness (QED) is 0.744. The molecule has 0 aliphatic carbocycles. The number of pyridine rings is 1. The Balaban J connectivity index is 1.43. The van der Waals surface area contributed by atoms with Crippen molar-refractivity contribution in [3.8, 4) is 0 Å². The molecule has 1 aliphatic rings. The third kappa shape index (κ3) is 2.72. The lowest BCUT2D eigenvalue weighted by Gasteiger charge is -2.32. The van der Waals surface area contributed by atoms with Gasteiger partial charge in [0.25, 0.3) is 5.91 Å². The molecule has 3 aromatic rings. The maximum Gasteiger partial charge on any atom is 0.257 e. The fourth-order valence-electron chi connectivity index (χ4n) is 3.28. The van der Waals surface area contributed by atoms with Crippen LogP contribution < -0.4 is 0 Å². The molecule has 0 N–H and O–H groups in total. The van der Waals surface area contributed by atoms with Crippen LogP contribution in [0.1, 0.15) is 23.2 Å². The van der Waals surface area contributed by atoms with Gasteiger partial charge in [-0.25, -0.2) is 9.50 Å². The Kier molecular flexibility index (Phi) is 3.57. The van der Waals surface area contributed by atoms with Crippen molar-refractivity contribution in [3.63, 3.8) is 0 Å². The highest BCUT2D eigenvalue weighted by Crippen LogP contribution is 2.22. The molecule has 118 valence electrons. The Morgan fingerprint density at radius 1 is 1.22 bits per heavy atom.